The summed E-state index contributed by atoms with van der Waals surface area (Å²) in [5.74, 6) is 1.04. The molecule has 150 valence electrons. The lowest BCUT2D eigenvalue weighted by Crippen LogP contribution is -2.12. The van der Waals surface area contributed by atoms with E-state index in [0.717, 1.165) is 11.4 Å². The monoisotopic (exact) mass is 392 g/mol. The van der Waals surface area contributed by atoms with E-state index in [1.807, 2.05) is 60.7 Å². The van der Waals surface area contributed by atoms with Gasteiger partial charge in [-0.15, -0.1) is 0 Å². The molecule has 0 bridgehead atoms. The molecule has 0 aliphatic heterocycles. The average molecular weight is 392 g/mol. The number of benzene rings is 2. The van der Waals surface area contributed by atoms with Crippen LogP contribution in [0.4, 0.5) is 29.2 Å². The van der Waals surface area contributed by atoms with Crippen LogP contribution in [0.3, 0.4) is 0 Å². The number of esters is 1. The van der Waals surface area contributed by atoms with Gasteiger partial charge in [-0.1, -0.05) is 36.4 Å². The van der Waals surface area contributed by atoms with E-state index >= 15 is 0 Å². The fraction of sp³-hybridized carbons (Fsp3) is 0.238. The fourth-order valence-corrected chi connectivity index (χ4v) is 2.53. The van der Waals surface area contributed by atoms with Gasteiger partial charge in [-0.2, -0.15) is 15.0 Å². The minimum Gasteiger partial charge on any atom is -0.466 e. The summed E-state index contributed by atoms with van der Waals surface area (Å²) in [6, 6.07) is 19.3. The summed E-state index contributed by atoms with van der Waals surface area (Å²) in [4.78, 5) is 24.7. The molecule has 0 fully saturated rings. The molecule has 0 atom stereocenters. The molecule has 2 aromatic carbocycles. The highest BCUT2D eigenvalue weighted by molar-refractivity contribution is 5.69. The van der Waals surface area contributed by atoms with Crippen molar-refractivity contribution in [2.24, 2.45) is 0 Å². The summed E-state index contributed by atoms with van der Waals surface area (Å²) >= 11 is 0. The van der Waals surface area contributed by atoms with Crippen molar-refractivity contribution >= 4 is 35.2 Å². The van der Waals surface area contributed by atoms with Crippen LogP contribution < -0.4 is 16.0 Å². The second-order valence-electron chi connectivity index (χ2n) is 6.12. The maximum absolute atomic E-state index is 11.5. The normalized spacial score (nSPS) is 10.2. The van der Waals surface area contributed by atoms with Crippen LogP contribution in [-0.4, -0.2) is 34.1 Å². The molecule has 3 aromatic rings. The van der Waals surface area contributed by atoms with Crippen molar-refractivity contribution in [1.29, 1.82) is 0 Å². The molecule has 3 rings (SSSR count). The maximum atomic E-state index is 11.5. The first-order valence-electron chi connectivity index (χ1n) is 9.52. The van der Waals surface area contributed by atoms with Gasteiger partial charge in [0.1, 0.15) is 0 Å². The number of aromatic nitrogens is 3. The molecule has 8 heteroatoms. The van der Waals surface area contributed by atoms with Gasteiger partial charge < -0.3 is 20.7 Å². The predicted molar refractivity (Wildman–Crippen MR) is 114 cm³/mol. The third-order valence-corrected chi connectivity index (χ3v) is 3.84. The molecule has 1 heterocycles. The topological polar surface area (TPSA) is 101 Å². The van der Waals surface area contributed by atoms with E-state index in [0.29, 0.717) is 43.8 Å². The first-order valence-corrected chi connectivity index (χ1v) is 9.52. The van der Waals surface area contributed by atoms with E-state index in [1.54, 1.807) is 6.92 Å². The van der Waals surface area contributed by atoms with Crippen LogP contribution >= 0.6 is 0 Å². The summed E-state index contributed by atoms with van der Waals surface area (Å²) in [5.41, 5.74) is 1.75. The number of nitrogens with zero attached hydrogens (tertiary/aromatic N) is 3. The standard InChI is InChI=1S/C21H24N6O2/c1-2-29-18(28)14-9-15-22-19-25-20(23-16-10-5-3-6-11-16)27-21(26-19)24-17-12-7-4-8-13-17/h3-8,10-13H,2,9,14-15H2,1H3,(H3,22,23,24,25,26,27). The molecule has 0 radical (unpaired) electrons. The summed E-state index contributed by atoms with van der Waals surface area (Å²) in [7, 11) is 0. The van der Waals surface area contributed by atoms with Gasteiger partial charge in [0.2, 0.25) is 17.8 Å². The molecular weight excluding hydrogens is 368 g/mol. The Hall–Kier alpha value is -3.68. The number of para-hydroxylation sites is 2. The van der Waals surface area contributed by atoms with E-state index in [2.05, 4.69) is 30.9 Å². The van der Waals surface area contributed by atoms with Crippen LogP contribution in [0.25, 0.3) is 0 Å². The van der Waals surface area contributed by atoms with Crippen molar-refractivity contribution in [3.8, 4) is 0 Å². The summed E-state index contributed by atoms with van der Waals surface area (Å²) in [6.07, 6.45) is 0.962. The minimum atomic E-state index is -0.206. The Balaban J connectivity index is 1.70. The van der Waals surface area contributed by atoms with Crippen molar-refractivity contribution in [3.63, 3.8) is 0 Å². The smallest absolute Gasteiger partial charge is 0.305 e. The van der Waals surface area contributed by atoms with E-state index in [1.165, 1.54) is 0 Å². The number of ether oxygens (including phenoxy) is 1. The first kappa shape index (κ1) is 20.1. The van der Waals surface area contributed by atoms with Crippen LogP contribution in [0.5, 0.6) is 0 Å². The highest BCUT2D eigenvalue weighted by Gasteiger charge is 2.08. The molecule has 0 aliphatic carbocycles. The van der Waals surface area contributed by atoms with Gasteiger partial charge in [-0.05, 0) is 37.6 Å². The Labute approximate surface area is 169 Å². The lowest BCUT2D eigenvalue weighted by Gasteiger charge is -2.11. The van der Waals surface area contributed by atoms with Crippen molar-refractivity contribution in [2.45, 2.75) is 19.8 Å². The third-order valence-electron chi connectivity index (χ3n) is 3.84. The molecule has 0 unspecified atom stereocenters. The Bertz CT molecular complexity index is 846. The Morgan fingerprint density at radius 3 is 1.86 bits per heavy atom. The van der Waals surface area contributed by atoms with Gasteiger partial charge >= 0.3 is 5.97 Å². The predicted octanol–water partition coefficient (Wildman–Crippen LogP) is 4.11. The summed E-state index contributed by atoms with van der Waals surface area (Å²) < 4.78 is 4.94. The number of anilines is 5. The molecule has 29 heavy (non-hydrogen) atoms. The van der Waals surface area contributed by atoms with Gasteiger partial charge in [-0.3, -0.25) is 4.79 Å². The van der Waals surface area contributed by atoms with Crippen LogP contribution in [-0.2, 0) is 9.53 Å². The minimum absolute atomic E-state index is 0.206. The number of rotatable bonds is 10. The number of hydrogen-bond acceptors (Lipinski definition) is 8. The van der Waals surface area contributed by atoms with E-state index in [9.17, 15) is 4.79 Å². The second kappa shape index (κ2) is 10.6. The van der Waals surface area contributed by atoms with Gasteiger partial charge in [0.05, 0.1) is 6.61 Å². The molecule has 0 saturated heterocycles. The second-order valence-corrected chi connectivity index (χ2v) is 6.12. The number of carbonyl (C=O) groups is 1. The van der Waals surface area contributed by atoms with Gasteiger partial charge in [-0.25, -0.2) is 0 Å². The molecule has 1 aromatic heterocycles. The molecule has 0 saturated carbocycles. The highest BCUT2D eigenvalue weighted by Crippen LogP contribution is 2.18. The molecule has 0 amide bonds. The molecule has 0 aliphatic rings. The van der Waals surface area contributed by atoms with Crippen molar-refractivity contribution in [3.05, 3.63) is 60.7 Å². The average Bonchev–Trinajstić information content (AvgIpc) is 2.73. The lowest BCUT2D eigenvalue weighted by atomic mass is 10.3. The number of hydrogen-bond donors (Lipinski definition) is 3. The fourth-order valence-electron chi connectivity index (χ4n) is 2.53. The number of nitrogens with one attached hydrogen (secondary N) is 3. The van der Waals surface area contributed by atoms with Gasteiger partial charge in [0, 0.05) is 24.3 Å². The van der Waals surface area contributed by atoms with Gasteiger partial charge in [0.15, 0.2) is 0 Å². The van der Waals surface area contributed by atoms with E-state index in [4.69, 9.17) is 4.74 Å². The molecular formula is C21H24N6O2. The summed E-state index contributed by atoms with van der Waals surface area (Å²) in [5, 5.41) is 9.50. The van der Waals surface area contributed by atoms with E-state index in [-0.39, 0.29) is 5.97 Å². The van der Waals surface area contributed by atoms with Crippen molar-refractivity contribution in [2.75, 3.05) is 29.1 Å². The third kappa shape index (κ3) is 6.76. The summed E-state index contributed by atoms with van der Waals surface area (Å²) in [6.45, 7) is 2.73. The SMILES string of the molecule is CCOC(=O)CCCNc1nc(Nc2ccccc2)nc(Nc2ccccc2)n1. The Morgan fingerprint density at radius 1 is 0.828 bits per heavy atom. The van der Waals surface area contributed by atoms with Crippen LogP contribution in [0.15, 0.2) is 60.7 Å². The first-order chi connectivity index (χ1) is 14.2. The zero-order chi connectivity index (χ0) is 20.3. The zero-order valence-electron chi connectivity index (χ0n) is 16.3. The lowest BCUT2D eigenvalue weighted by molar-refractivity contribution is -0.143. The van der Waals surface area contributed by atoms with Crippen LogP contribution in [0.1, 0.15) is 19.8 Å². The Morgan fingerprint density at radius 2 is 1.34 bits per heavy atom. The van der Waals surface area contributed by atoms with Crippen molar-refractivity contribution in [1.82, 2.24) is 15.0 Å². The van der Waals surface area contributed by atoms with Crippen LogP contribution in [0.2, 0.25) is 0 Å². The maximum Gasteiger partial charge on any atom is 0.305 e. The largest absolute Gasteiger partial charge is 0.466 e. The number of carbonyl (C=O) groups excluding carboxylic acids is 1. The molecule has 8 nitrogen and oxygen atoms in total. The molecule has 3 N–H and O–H groups in total. The Kier molecular flexibility index (Phi) is 7.34. The quantitative estimate of drug-likeness (QED) is 0.350. The highest BCUT2D eigenvalue weighted by atomic mass is 16.5. The van der Waals surface area contributed by atoms with E-state index < -0.39 is 0 Å². The molecule has 0 spiro atoms. The van der Waals surface area contributed by atoms with Gasteiger partial charge in [0.25, 0.3) is 0 Å². The van der Waals surface area contributed by atoms with Crippen LogP contribution in [0, 0.1) is 0 Å². The van der Waals surface area contributed by atoms with Crippen molar-refractivity contribution < 1.29 is 9.53 Å². The zero-order valence-corrected chi connectivity index (χ0v) is 16.3.